The molecule has 3 rings (SSSR count). The molecule has 0 aliphatic rings. The van der Waals surface area contributed by atoms with Gasteiger partial charge in [-0.1, -0.05) is 42.0 Å². The van der Waals surface area contributed by atoms with Crippen molar-refractivity contribution in [1.29, 1.82) is 0 Å². The van der Waals surface area contributed by atoms with Crippen molar-refractivity contribution in [2.75, 3.05) is 16.2 Å². The van der Waals surface area contributed by atoms with Crippen molar-refractivity contribution in [2.45, 2.75) is 38.6 Å². The predicted octanol–water partition coefficient (Wildman–Crippen LogP) is 4.28. The van der Waals surface area contributed by atoms with Crippen molar-refractivity contribution in [1.82, 2.24) is 5.32 Å². The number of aryl methyl sites for hydroxylation is 2. The van der Waals surface area contributed by atoms with Crippen LogP contribution in [0, 0.1) is 13.8 Å². The molecule has 0 aromatic heterocycles. The van der Waals surface area contributed by atoms with Gasteiger partial charge >= 0.3 is 0 Å². The second-order valence-corrected chi connectivity index (χ2v) is 10.2. The van der Waals surface area contributed by atoms with Crippen LogP contribution in [0.25, 0.3) is 0 Å². The largest absolute Gasteiger partial charge is 0.350 e. The summed E-state index contributed by atoms with van der Waals surface area (Å²) in [5.74, 6) is -0.893. The van der Waals surface area contributed by atoms with E-state index < -0.39 is 22.5 Å². The normalized spacial score (nSPS) is 11.2. The van der Waals surface area contributed by atoms with Gasteiger partial charge in [0.25, 0.3) is 15.9 Å². The fraction of sp³-hybridized carbons (Fsp3) is 0.231. The van der Waals surface area contributed by atoms with Gasteiger partial charge in [-0.15, -0.1) is 0 Å². The molecule has 2 amide bonds. The number of carbonyl (C=O) groups is 2. The Morgan fingerprint density at radius 3 is 2.21 bits per heavy atom. The Balaban J connectivity index is 1.93. The van der Waals surface area contributed by atoms with E-state index in [9.17, 15) is 18.0 Å². The van der Waals surface area contributed by atoms with Crippen molar-refractivity contribution < 1.29 is 18.0 Å². The summed E-state index contributed by atoms with van der Waals surface area (Å²) in [7, 11) is -4.02. The molecule has 0 spiro atoms. The average molecular weight is 480 g/mol. The molecule has 2 N–H and O–H groups in total. The first-order chi connectivity index (χ1) is 16.1. The number of anilines is 2. The molecule has 7 nitrogen and oxygen atoms in total. The lowest BCUT2D eigenvalue weighted by molar-refractivity contribution is -0.114. The van der Waals surface area contributed by atoms with Crippen molar-refractivity contribution in [3.63, 3.8) is 0 Å². The lowest BCUT2D eigenvalue weighted by Gasteiger charge is -2.25. The number of para-hydroxylation sites is 1. The molecule has 0 heterocycles. The fourth-order valence-corrected chi connectivity index (χ4v) is 4.80. The zero-order chi connectivity index (χ0) is 24.9. The average Bonchev–Trinajstić information content (AvgIpc) is 2.77. The Kier molecular flexibility index (Phi) is 7.73. The first-order valence-corrected chi connectivity index (χ1v) is 12.4. The van der Waals surface area contributed by atoms with E-state index in [2.05, 4.69) is 10.6 Å². The van der Waals surface area contributed by atoms with E-state index in [-0.39, 0.29) is 16.8 Å². The number of nitrogens with one attached hydrogen (secondary N) is 2. The number of carbonyl (C=O) groups excluding carboxylic acids is 2. The Morgan fingerprint density at radius 2 is 1.56 bits per heavy atom. The van der Waals surface area contributed by atoms with Crippen LogP contribution in [0.2, 0.25) is 0 Å². The van der Waals surface area contributed by atoms with Gasteiger partial charge in [0.1, 0.15) is 6.54 Å². The highest BCUT2D eigenvalue weighted by molar-refractivity contribution is 7.92. The van der Waals surface area contributed by atoms with E-state index in [1.54, 1.807) is 54.6 Å². The van der Waals surface area contributed by atoms with Crippen LogP contribution < -0.4 is 14.9 Å². The number of amides is 2. The molecular formula is C26H29N3O4S. The Labute approximate surface area is 200 Å². The smallest absolute Gasteiger partial charge is 0.264 e. The molecule has 0 atom stereocenters. The SMILES string of the molecule is Cc1ccc(S(=O)(=O)N(CC(=O)Nc2ccccc2C(=O)NC(C)C)c2cccc(C)c2)cc1. The highest BCUT2D eigenvalue weighted by Crippen LogP contribution is 2.25. The van der Waals surface area contributed by atoms with Gasteiger partial charge in [-0.05, 0) is 69.7 Å². The Bertz CT molecular complexity index is 1290. The first-order valence-electron chi connectivity index (χ1n) is 10.9. The minimum atomic E-state index is -4.02. The van der Waals surface area contributed by atoms with Crippen LogP contribution in [-0.2, 0) is 14.8 Å². The number of rotatable bonds is 8. The highest BCUT2D eigenvalue weighted by atomic mass is 32.2. The summed E-state index contributed by atoms with van der Waals surface area (Å²) in [6, 6.07) is 20.0. The third-order valence-corrected chi connectivity index (χ3v) is 6.84. The fourth-order valence-electron chi connectivity index (χ4n) is 3.39. The van der Waals surface area contributed by atoms with Crippen LogP contribution >= 0.6 is 0 Å². The maximum atomic E-state index is 13.5. The number of hydrogen-bond acceptors (Lipinski definition) is 4. The highest BCUT2D eigenvalue weighted by Gasteiger charge is 2.27. The molecule has 0 radical (unpaired) electrons. The molecule has 0 bridgehead atoms. The standard InChI is InChI=1S/C26H29N3O4S/c1-18(2)27-26(31)23-10-5-6-11-24(23)28-25(30)17-29(21-9-7-8-20(4)16-21)34(32,33)22-14-12-19(3)13-15-22/h5-16,18H,17H2,1-4H3,(H,27,31)(H,28,30). The van der Waals surface area contributed by atoms with Crippen LogP contribution in [0.15, 0.2) is 77.7 Å². The van der Waals surface area contributed by atoms with Crippen molar-refractivity contribution in [3.05, 3.63) is 89.5 Å². The zero-order valence-corrected chi connectivity index (χ0v) is 20.5. The van der Waals surface area contributed by atoms with E-state index >= 15 is 0 Å². The quantitative estimate of drug-likeness (QED) is 0.504. The van der Waals surface area contributed by atoms with Crippen LogP contribution in [0.5, 0.6) is 0 Å². The third kappa shape index (κ3) is 6.02. The summed E-state index contributed by atoms with van der Waals surface area (Å²) < 4.78 is 28.1. The van der Waals surface area contributed by atoms with Gasteiger partial charge in [0, 0.05) is 6.04 Å². The van der Waals surface area contributed by atoms with E-state index in [1.807, 2.05) is 33.8 Å². The molecule has 0 fully saturated rings. The first kappa shape index (κ1) is 25.0. The van der Waals surface area contributed by atoms with Gasteiger partial charge < -0.3 is 10.6 Å². The molecule has 0 aliphatic heterocycles. The number of nitrogens with zero attached hydrogens (tertiary/aromatic N) is 1. The van der Waals surface area contributed by atoms with Crippen LogP contribution in [-0.4, -0.2) is 32.8 Å². The monoisotopic (exact) mass is 479 g/mol. The van der Waals surface area contributed by atoms with Crippen molar-refractivity contribution in [3.8, 4) is 0 Å². The van der Waals surface area contributed by atoms with Gasteiger partial charge in [0.15, 0.2) is 0 Å². The summed E-state index contributed by atoms with van der Waals surface area (Å²) >= 11 is 0. The molecular weight excluding hydrogens is 450 g/mol. The summed E-state index contributed by atoms with van der Waals surface area (Å²) in [6.07, 6.45) is 0. The van der Waals surface area contributed by atoms with Gasteiger partial charge in [0.2, 0.25) is 5.91 Å². The molecule has 3 aromatic rings. The van der Waals surface area contributed by atoms with Crippen LogP contribution in [0.3, 0.4) is 0 Å². The number of benzene rings is 3. The number of hydrogen-bond donors (Lipinski definition) is 2. The minimum Gasteiger partial charge on any atom is -0.350 e. The molecule has 3 aromatic carbocycles. The maximum Gasteiger partial charge on any atom is 0.264 e. The van der Waals surface area contributed by atoms with Crippen molar-refractivity contribution in [2.24, 2.45) is 0 Å². The van der Waals surface area contributed by atoms with Crippen molar-refractivity contribution >= 4 is 33.2 Å². The van der Waals surface area contributed by atoms with Gasteiger partial charge in [0.05, 0.1) is 21.8 Å². The molecule has 8 heteroatoms. The number of sulfonamides is 1. The summed E-state index contributed by atoms with van der Waals surface area (Å²) in [4.78, 5) is 25.7. The van der Waals surface area contributed by atoms with E-state index in [0.29, 0.717) is 16.9 Å². The second kappa shape index (κ2) is 10.5. The Hall–Kier alpha value is -3.65. The van der Waals surface area contributed by atoms with E-state index in [1.165, 1.54) is 12.1 Å². The van der Waals surface area contributed by atoms with Gasteiger partial charge in [-0.25, -0.2) is 8.42 Å². The van der Waals surface area contributed by atoms with Crippen LogP contribution in [0.1, 0.15) is 35.3 Å². The lowest BCUT2D eigenvalue weighted by Crippen LogP contribution is -2.38. The molecule has 178 valence electrons. The minimum absolute atomic E-state index is 0.0762. The van der Waals surface area contributed by atoms with E-state index in [4.69, 9.17) is 0 Å². The van der Waals surface area contributed by atoms with Crippen LogP contribution in [0.4, 0.5) is 11.4 Å². The molecule has 0 saturated carbocycles. The predicted molar refractivity (Wildman–Crippen MR) is 135 cm³/mol. The molecule has 34 heavy (non-hydrogen) atoms. The topological polar surface area (TPSA) is 95.6 Å². The summed E-state index contributed by atoms with van der Waals surface area (Å²) in [5.41, 5.74) is 2.77. The molecule has 0 saturated heterocycles. The second-order valence-electron chi connectivity index (χ2n) is 8.39. The van der Waals surface area contributed by atoms with E-state index in [0.717, 1.165) is 15.4 Å². The summed E-state index contributed by atoms with van der Waals surface area (Å²) in [6.45, 7) is 6.95. The lowest BCUT2D eigenvalue weighted by atomic mass is 10.1. The molecule has 0 unspecified atom stereocenters. The Morgan fingerprint density at radius 1 is 0.882 bits per heavy atom. The third-order valence-electron chi connectivity index (χ3n) is 5.05. The summed E-state index contributed by atoms with van der Waals surface area (Å²) in [5, 5.41) is 5.51. The van der Waals surface area contributed by atoms with Gasteiger partial charge in [-0.3, -0.25) is 13.9 Å². The maximum absolute atomic E-state index is 13.5. The van der Waals surface area contributed by atoms with Gasteiger partial charge in [-0.2, -0.15) is 0 Å². The zero-order valence-electron chi connectivity index (χ0n) is 19.7. The molecule has 0 aliphatic carbocycles.